The van der Waals surface area contributed by atoms with Crippen LogP contribution < -0.4 is 9.80 Å². The van der Waals surface area contributed by atoms with E-state index in [0.29, 0.717) is 0 Å². The number of anilines is 6. The number of fused-ring (bicyclic) bond motifs is 14. The van der Waals surface area contributed by atoms with E-state index in [9.17, 15) is 0 Å². The van der Waals surface area contributed by atoms with Crippen LogP contribution in [0.5, 0.6) is 0 Å². The highest BCUT2D eigenvalue weighted by Crippen LogP contribution is 2.48. The van der Waals surface area contributed by atoms with Gasteiger partial charge in [0.15, 0.2) is 11.2 Å². The van der Waals surface area contributed by atoms with Gasteiger partial charge in [-0.1, -0.05) is 176 Å². The summed E-state index contributed by atoms with van der Waals surface area (Å²) in [7, 11) is 0. The van der Waals surface area contributed by atoms with E-state index in [1.54, 1.807) is 0 Å². The fourth-order valence-electron chi connectivity index (χ4n) is 13.7. The Labute approximate surface area is 488 Å². The highest BCUT2D eigenvalue weighted by atomic mass is 16.3. The van der Waals surface area contributed by atoms with Gasteiger partial charge in [-0.2, -0.15) is 0 Å². The Kier molecular flexibility index (Phi) is 10.3. The molecule has 85 heavy (non-hydrogen) atoms. The van der Waals surface area contributed by atoms with Gasteiger partial charge in [-0.05, 0) is 176 Å². The van der Waals surface area contributed by atoms with Gasteiger partial charge in [0, 0.05) is 65.8 Å². The number of furan rings is 2. The van der Waals surface area contributed by atoms with Gasteiger partial charge in [-0.25, -0.2) is 0 Å². The first kappa shape index (κ1) is 47.3. The van der Waals surface area contributed by atoms with Crippen molar-refractivity contribution < 1.29 is 8.83 Å². The second-order valence-electron chi connectivity index (χ2n) is 22.4. The summed E-state index contributed by atoms with van der Waals surface area (Å²) in [4.78, 5) is 4.64. The number of hydrogen-bond donors (Lipinski definition) is 0. The van der Waals surface area contributed by atoms with E-state index in [2.05, 4.69) is 299 Å². The maximum absolute atomic E-state index is 6.65. The molecule has 14 aromatic carbocycles. The molecule has 18 aromatic rings. The minimum atomic E-state index is 0.861. The lowest BCUT2D eigenvalue weighted by Crippen LogP contribution is -2.10. The van der Waals surface area contributed by atoms with Crippen molar-refractivity contribution in [3.8, 4) is 33.4 Å². The summed E-state index contributed by atoms with van der Waals surface area (Å²) in [6, 6.07) is 108. The lowest BCUT2D eigenvalue weighted by Gasteiger charge is -2.26. The highest BCUT2D eigenvalue weighted by molar-refractivity contribution is 6.27. The Morgan fingerprint density at radius 1 is 0.235 bits per heavy atom. The second kappa shape index (κ2) is 18.6. The van der Waals surface area contributed by atoms with E-state index >= 15 is 0 Å². The predicted octanol–water partition coefficient (Wildman–Crippen LogP) is 22.9. The first-order valence-corrected chi connectivity index (χ1v) is 29.0. The fraction of sp³-hybridized carbons (Fsp3) is 0. The van der Waals surface area contributed by atoms with Crippen LogP contribution in [0.1, 0.15) is 0 Å². The molecule has 0 aliphatic heterocycles. The third-order valence-electron chi connectivity index (χ3n) is 17.6. The number of hydrogen-bond acceptors (Lipinski definition) is 4. The van der Waals surface area contributed by atoms with Crippen LogP contribution in [0.15, 0.2) is 306 Å². The Morgan fingerprint density at radius 2 is 0.635 bits per heavy atom. The molecule has 4 heterocycles. The van der Waals surface area contributed by atoms with E-state index in [4.69, 9.17) is 8.83 Å². The molecule has 18 rings (SSSR count). The van der Waals surface area contributed by atoms with Gasteiger partial charge in [0.1, 0.15) is 11.2 Å². The molecule has 0 unspecified atom stereocenters. The summed E-state index contributed by atoms with van der Waals surface area (Å²) in [6.07, 6.45) is 0. The van der Waals surface area contributed by atoms with Crippen LogP contribution in [0, 0.1) is 0 Å². The molecule has 0 saturated carbocycles. The Bertz CT molecular complexity index is 5350. The van der Waals surface area contributed by atoms with Crippen LogP contribution in [0.25, 0.3) is 137 Å². The summed E-state index contributed by atoms with van der Waals surface area (Å²) in [5.74, 6) is 0. The van der Waals surface area contributed by atoms with Crippen LogP contribution in [0.3, 0.4) is 0 Å². The monoisotopic (exact) mass is 1080 g/mol. The second-order valence-corrected chi connectivity index (χ2v) is 22.4. The summed E-state index contributed by atoms with van der Waals surface area (Å²) < 4.78 is 15.8. The third kappa shape index (κ3) is 7.44. The lowest BCUT2D eigenvalue weighted by molar-refractivity contribution is 0.668. The van der Waals surface area contributed by atoms with Crippen molar-refractivity contribution in [1.82, 2.24) is 4.40 Å². The van der Waals surface area contributed by atoms with E-state index in [-0.39, 0.29) is 0 Å². The molecule has 396 valence electrons. The van der Waals surface area contributed by atoms with Crippen molar-refractivity contribution in [2.24, 2.45) is 0 Å². The van der Waals surface area contributed by atoms with Gasteiger partial charge >= 0.3 is 0 Å². The van der Waals surface area contributed by atoms with Crippen molar-refractivity contribution in [1.29, 1.82) is 0 Å². The molecular weight excluding hydrogens is 1030 g/mol. The van der Waals surface area contributed by atoms with E-state index < -0.39 is 0 Å². The SMILES string of the molecule is c1ccc(-c2cc3c4cc5ccc(-c6cccc(N(c7ccccc7)c7cccc8c7oc7ccccc78)c6)cc5cc4n4c5cc6cc(-c7cccc(N(c8ccccc8)c8cccc9c8oc8ccccc89)c7)ccc6cc5c(c2)c34)cc1. The first-order valence-electron chi connectivity index (χ1n) is 29.0. The molecule has 0 aliphatic rings. The molecule has 0 radical (unpaired) electrons. The smallest absolute Gasteiger partial charge is 0.159 e. The number of benzene rings is 14. The Hall–Kier alpha value is -11.4. The van der Waals surface area contributed by atoms with Crippen molar-refractivity contribution in [3.05, 3.63) is 297 Å². The zero-order chi connectivity index (χ0) is 55.7. The van der Waals surface area contributed by atoms with Crippen LogP contribution in [-0.4, -0.2) is 4.40 Å². The zero-order valence-electron chi connectivity index (χ0n) is 45.9. The minimum Gasteiger partial charge on any atom is -0.454 e. The molecule has 0 aliphatic carbocycles. The molecule has 0 amide bonds. The van der Waals surface area contributed by atoms with Crippen LogP contribution in [0.4, 0.5) is 34.1 Å². The average molecular weight is 1080 g/mol. The highest BCUT2D eigenvalue weighted by Gasteiger charge is 2.24. The number of aromatic nitrogens is 1. The molecule has 4 aromatic heterocycles. The quantitative estimate of drug-likeness (QED) is 0.144. The minimum absolute atomic E-state index is 0.861. The number of nitrogens with zero attached hydrogens (tertiary/aromatic N) is 3. The summed E-state index contributed by atoms with van der Waals surface area (Å²) in [5, 5.41) is 14.2. The molecular formula is C80H49N3O2. The molecule has 0 spiro atoms. The van der Waals surface area contributed by atoms with Crippen molar-refractivity contribution in [2.45, 2.75) is 0 Å². The summed E-state index contributed by atoms with van der Waals surface area (Å²) >= 11 is 0. The van der Waals surface area contributed by atoms with Gasteiger partial charge in [0.2, 0.25) is 0 Å². The largest absolute Gasteiger partial charge is 0.454 e. The van der Waals surface area contributed by atoms with E-state index in [1.807, 2.05) is 12.1 Å². The van der Waals surface area contributed by atoms with Gasteiger partial charge < -0.3 is 23.0 Å². The summed E-state index contributed by atoms with van der Waals surface area (Å²) in [6.45, 7) is 0. The van der Waals surface area contributed by atoms with Gasteiger partial charge in [0.05, 0.1) is 27.9 Å². The average Bonchev–Trinajstić information content (AvgIpc) is 1.67. The molecule has 0 atom stereocenters. The summed E-state index contributed by atoms with van der Waals surface area (Å²) in [5.41, 5.74) is 20.3. The van der Waals surface area contributed by atoms with Crippen molar-refractivity contribution >= 4 is 138 Å². The van der Waals surface area contributed by atoms with Gasteiger partial charge in [-0.15, -0.1) is 0 Å². The molecule has 0 bridgehead atoms. The topological polar surface area (TPSA) is 37.2 Å². The number of para-hydroxylation sites is 6. The van der Waals surface area contributed by atoms with Crippen molar-refractivity contribution in [3.63, 3.8) is 0 Å². The fourth-order valence-corrected chi connectivity index (χ4v) is 13.7. The predicted molar refractivity (Wildman–Crippen MR) is 356 cm³/mol. The lowest BCUT2D eigenvalue weighted by atomic mass is 9.96. The Balaban J connectivity index is 0.784. The molecule has 5 nitrogen and oxygen atoms in total. The number of rotatable bonds is 9. The Morgan fingerprint density at radius 3 is 1.13 bits per heavy atom. The van der Waals surface area contributed by atoms with Crippen LogP contribution in [0.2, 0.25) is 0 Å². The van der Waals surface area contributed by atoms with Crippen molar-refractivity contribution in [2.75, 3.05) is 9.80 Å². The molecule has 0 N–H and O–H groups in total. The molecule has 5 heteroatoms. The van der Waals surface area contributed by atoms with Crippen LogP contribution in [-0.2, 0) is 0 Å². The standard InChI is InChI=1S/C80H49N3O2/c1-4-18-50(19-5-1)59-46-70-68-44-55-38-36-53(51-20-14-26-62(42-51)81(60-22-6-2-7-23-60)72-32-16-30-66-64-28-10-12-34-76(64)84-79(66)72)40-57(55)48-74(68)83-75-49-58-41-54(37-39-56(58)45-69(75)71(47-59)78(70)83)52-21-15-27-63(43-52)82(61-24-8-3-9-25-61)73-33-17-31-67-65-29-11-13-35-77(65)85-80(67)73/h1-49H. The van der Waals surface area contributed by atoms with Gasteiger partial charge in [0.25, 0.3) is 0 Å². The third-order valence-corrected chi connectivity index (χ3v) is 17.6. The van der Waals surface area contributed by atoms with Gasteiger partial charge in [-0.3, -0.25) is 0 Å². The maximum atomic E-state index is 6.65. The maximum Gasteiger partial charge on any atom is 0.159 e. The van der Waals surface area contributed by atoms with Crippen LogP contribution >= 0.6 is 0 Å². The molecule has 0 saturated heterocycles. The first-order chi connectivity index (χ1) is 42.1. The molecule has 0 fully saturated rings. The normalized spacial score (nSPS) is 12.0. The van der Waals surface area contributed by atoms with E-state index in [0.717, 1.165) is 100 Å². The zero-order valence-corrected chi connectivity index (χ0v) is 45.9. The van der Waals surface area contributed by atoms with E-state index in [1.165, 1.54) is 70.8 Å².